The molecule has 0 spiro atoms. The van der Waals surface area contributed by atoms with Crippen molar-refractivity contribution in [1.29, 1.82) is 0 Å². The van der Waals surface area contributed by atoms with E-state index >= 15 is 0 Å². The van der Waals surface area contributed by atoms with E-state index in [1.807, 2.05) is 91.0 Å². The van der Waals surface area contributed by atoms with Crippen LogP contribution in [0.15, 0.2) is 115 Å². The van der Waals surface area contributed by atoms with Gasteiger partial charge >= 0.3 is 0 Å². The van der Waals surface area contributed by atoms with Gasteiger partial charge in [-0.1, -0.05) is 30.3 Å². The molecule has 4 N–H and O–H groups in total. The molecule has 0 aliphatic carbocycles. The summed E-state index contributed by atoms with van der Waals surface area (Å²) >= 11 is 0. The van der Waals surface area contributed by atoms with Gasteiger partial charge in [0.1, 0.15) is 23.0 Å². The number of anilines is 2. The maximum Gasteiger partial charge on any atom is 0.129 e. The molecule has 0 unspecified atom stereocenters. The number of pyridine rings is 1. The number of nitrogens with zero attached hydrogens (tertiary/aromatic N) is 1. The highest BCUT2D eigenvalue weighted by atomic mass is 16.5. The number of hydrogen-bond acceptors (Lipinski definition) is 5. The third-order valence-corrected chi connectivity index (χ3v) is 5.29. The third kappa shape index (κ3) is 4.84. The molecule has 0 atom stereocenters. The van der Waals surface area contributed by atoms with E-state index in [1.165, 1.54) is 0 Å². The monoisotopic (exact) mass is 445 g/mol. The molecule has 5 heteroatoms. The molecule has 0 radical (unpaired) electrons. The summed E-state index contributed by atoms with van der Waals surface area (Å²) in [4.78, 5) is 4.65. The first-order valence-corrected chi connectivity index (χ1v) is 10.9. The first-order chi connectivity index (χ1) is 16.6. The predicted octanol–water partition coefficient (Wildman–Crippen LogP) is 7.16. The zero-order chi connectivity index (χ0) is 23.3. The van der Waals surface area contributed by atoms with Gasteiger partial charge in [0.15, 0.2) is 0 Å². The maximum absolute atomic E-state index is 5.92. The molecule has 0 saturated carbocycles. The molecule has 1 aromatic heterocycles. The van der Waals surface area contributed by atoms with Gasteiger partial charge in [-0.3, -0.25) is 4.98 Å². The smallest absolute Gasteiger partial charge is 0.129 e. The summed E-state index contributed by atoms with van der Waals surface area (Å²) in [6, 6.07) is 34.6. The predicted molar refractivity (Wildman–Crippen MR) is 137 cm³/mol. The number of ether oxygens (including phenoxy) is 2. The van der Waals surface area contributed by atoms with E-state index < -0.39 is 0 Å². The summed E-state index contributed by atoms with van der Waals surface area (Å²) in [5, 5.41) is 0. The molecule has 0 amide bonds. The summed E-state index contributed by atoms with van der Waals surface area (Å²) < 4.78 is 11.8. The standard InChI is InChI=1S/C29H23N3O2/c30-22-4-1-6-26(18-22)33-24-13-9-20(10-14-24)28-8-3-17-32-29(28)21-11-15-25(16-12-21)34-27-7-2-5-23(31)19-27/h1-19H,30-31H2. The lowest BCUT2D eigenvalue weighted by molar-refractivity contribution is 0.483. The summed E-state index contributed by atoms with van der Waals surface area (Å²) in [6.07, 6.45) is 1.80. The largest absolute Gasteiger partial charge is 0.457 e. The Morgan fingerprint density at radius 1 is 0.500 bits per heavy atom. The van der Waals surface area contributed by atoms with Crippen LogP contribution in [0.1, 0.15) is 0 Å². The minimum atomic E-state index is 0.663. The van der Waals surface area contributed by atoms with Crippen molar-refractivity contribution in [2.45, 2.75) is 0 Å². The molecule has 0 saturated heterocycles. The van der Waals surface area contributed by atoms with Crippen LogP contribution in [0.25, 0.3) is 22.4 Å². The highest BCUT2D eigenvalue weighted by Gasteiger charge is 2.10. The Kier molecular flexibility index (Phi) is 5.82. The van der Waals surface area contributed by atoms with E-state index in [0.717, 1.165) is 33.9 Å². The van der Waals surface area contributed by atoms with Gasteiger partial charge in [-0.15, -0.1) is 0 Å². The van der Waals surface area contributed by atoms with Crippen LogP contribution in [-0.4, -0.2) is 4.98 Å². The van der Waals surface area contributed by atoms with Crippen LogP contribution < -0.4 is 20.9 Å². The van der Waals surface area contributed by atoms with Crippen LogP contribution in [0.5, 0.6) is 23.0 Å². The SMILES string of the molecule is Nc1cccc(Oc2ccc(-c3cccnc3-c3ccc(Oc4cccc(N)c4)cc3)cc2)c1. The van der Waals surface area contributed by atoms with Gasteiger partial charge in [0, 0.05) is 40.8 Å². The third-order valence-electron chi connectivity index (χ3n) is 5.29. The lowest BCUT2D eigenvalue weighted by Gasteiger charge is -2.12. The Labute approximate surface area is 198 Å². The summed E-state index contributed by atoms with van der Waals surface area (Å²) in [5.41, 5.74) is 17.0. The quantitative estimate of drug-likeness (QED) is 0.271. The molecule has 5 rings (SSSR count). The highest BCUT2D eigenvalue weighted by molar-refractivity contribution is 5.81. The van der Waals surface area contributed by atoms with Crippen LogP contribution in [0.2, 0.25) is 0 Å². The Morgan fingerprint density at radius 3 is 1.56 bits per heavy atom. The Bertz CT molecular complexity index is 1300. The Hall–Kier alpha value is -4.77. The average molecular weight is 446 g/mol. The molecule has 0 aliphatic heterocycles. The van der Waals surface area contributed by atoms with E-state index in [1.54, 1.807) is 18.3 Å². The lowest BCUT2D eigenvalue weighted by Crippen LogP contribution is -1.91. The molecule has 166 valence electrons. The molecule has 1 heterocycles. The van der Waals surface area contributed by atoms with E-state index in [0.29, 0.717) is 22.9 Å². The van der Waals surface area contributed by atoms with Gasteiger partial charge < -0.3 is 20.9 Å². The molecule has 0 aliphatic rings. The van der Waals surface area contributed by atoms with Crippen molar-refractivity contribution in [3.63, 3.8) is 0 Å². The van der Waals surface area contributed by atoms with E-state index in [4.69, 9.17) is 20.9 Å². The number of nitrogen functional groups attached to an aromatic ring is 2. The van der Waals surface area contributed by atoms with Gasteiger partial charge in [0.2, 0.25) is 0 Å². The number of rotatable bonds is 6. The fraction of sp³-hybridized carbons (Fsp3) is 0. The van der Waals surface area contributed by atoms with Crippen LogP contribution in [0, 0.1) is 0 Å². The van der Waals surface area contributed by atoms with E-state index in [2.05, 4.69) is 11.1 Å². The van der Waals surface area contributed by atoms with Crippen molar-refractivity contribution in [3.05, 3.63) is 115 Å². The molecule has 5 aromatic rings. The van der Waals surface area contributed by atoms with Gasteiger partial charge in [-0.2, -0.15) is 0 Å². The van der Waals surface area contributed by atoms with Gasteiger partial charge in [-0.05, 0) is 72.3 Å². The molecule has 34 heavy (non-hydrogen) atoms. The van der Waals surface area contributed by atoms with E-state index in [9.17, 15) is 0 Å². The number of benzene rings is 4. The molecular weight excluding hydrogens is 422 g/mol. The van der Waals surface area contributed by atoms with E-state index in [-0.39, 0.29) is 0 Å². The Balaban J connectivity index is 1.37. The fourth-order valence-corrected chi connectivity index (χ4v) is 3.68. The topological polar surface area (TPSA) is 83.4 Å². The molecule has 5 nitrogen and oxygen atoms in total. The second-order valence-electron chi connectivity index (χ2n) is 7.80. The normalized spacial score (nSPS) is 10.6. The van der Waals surface area contributed by atoms with Crippen LogP contribution in [0.3, 0.4) is 0 Å². The molecule has 0 fully saturated rings. The second-order valence-corrected chi connectivity index (χ2v) is 7.80. The van der Waals surface area contributed by atoms with Crippen molar-refractivity contribution in [1.82, 2.24) is 4.98 Å². The second kappa shape index (κ2) is 9.38. The highest BCUT2D eigenvalue weighted by Crippen LogP contribution is 2.33. The zero-order valence-electron chi connectivity index (χ0n) is 18.4. The van der Waals surface area contributed by atoms with Crippen LogP contribution in [0.4, 0.5) is 11.4 Å². The summed E-state index contributed by atoms with van der Waals surface area (Å²) in [5.74, 6) is 2.87. The van der Waals surface area contributed by atoms with Crippen molar-refractivity contribution < 1.29 is 9.47 Å². The van der Waals surface area contributed by atoms with Crippen molar-refractivity contribution in [2.75, 3.05) is 11.5 Å². The van der Waals surface area contributed by atoms with Crippen molar-refractivity contribution in [2.24, 2.45) is 0 Å². The molecule has 4 aromatic carbocycles. The average Bonchev–Trinajstić information content (AvgIpc) is 2.85. The number of hydrogen-bond donors (Lipinski definition) is 2. The number of nitrogens with two attached hydrogens (primary N) is 2. The van der Waals surface area contributed by atoms with Crippen LogP contribution in [-0.2, 0) is 0 Å². The first kappa shape index (κ1) is 21.1. The Morgan fingerprint density at radius 2 is 1.03 bits per heavy atom. The zero-order valence-corrected chi connectivity index (χ0v) is 18.4. The van der Waals surface area contributed by atoms with Crippen LogP contribution >= 0.6 is 0 Å². The minimum absolute atomic E-state index is 0.663. The van der Waals surface area contributed by atoms with Gasteiger partial charge in [-0.25, -0.2) is 0 Å². The van der Waals surface area contributed by atoms with Crippen molar-refractivity contribution >= 4 is 11.4 Å². The summed E-state index contributed by atoms with van der Waals surface area (Å²) in [7, 11) is 0. The lowest BCUT2D eigenvalue weighted by atomic mass is 9.99. The summed E-state index contributed by atoms with van der Waals surface area (Å²) in [6.45, 7) is 0. The molecule has 0 bridgehead atoms. The first-order valence-electron chi connectivity index (χ1n) is 10.9. The number of aromatic nitrogens is 1. The van der Waals surface area contributed by atoms with Crippen molar-refractivity contribution in [3.8, 4) is 45.4 Å². The molecular formula is C29H23N3O2. The van der Waals surface area contributed by atoms with Gasteiger partial charge in [0.05, 0.1) is 5.69 Å². The van der Waals surface area contributed by atoms with Gasteiger partial charge in [0.25, 0.3) is 0 Å². The fourth-order valence-electron chi connectivity index (χ4n) is 3.68. The maximum atomic E-state index is 5.92. The minimum Gasteiger partial charge on any atom is -0.457 e.